The molecule has 1 aromatic rings. The number of primary amides is 1. The lowest BCUT2D eigenvalue weighted by Gasteiger charge is -2.26. The van der Waals surface area contributed by atoms with Crippen LogP contribution in [0.3, 0.4) is 0 Å². The van der Waals surface area contributed by atoms with Crippen molar-refractivity contribution in [3.05, 3.63) is 29.8 Å². The van der Waals surface area contributed by atoms with Crippen molar-refractivity contribution in [2.24, 2.45) is 38.7 Å². The van der Waals surface area contributed by atoms with E-state index in [0.29, 0.717) is 18.5 Å². The van der Waals surface area contributed by atoms with Crippen LogP contribution >= 0.6 is 0 Å². The fourth-order valence-corrected chi connectivity index (χ4v) is 5.02. The third-order valence-electron chi connectivity index (χ3n) is 7.56. The highest BCUT2D eigenvalue weighted by Crippen LogP contribution is 2.12. The second-order valence-electron chi connectivity index (χ2n) is 11.7. The Morgan fingerprint density at radius 2 is 1.26 bits per heavy atom. The Labute approximate surface area is 288 Å². The molecule has 0 aromatic heterocycles. The van der Waals surface area contributed by atoms with Gasteiger partial charge in [-0.1, -0.05) is 12.1 Å². The number of aromatic hydroxyl groups is 1. The topological polar surface area (TPSA) is 358 Å². The van der Waals surface area contributed by atoms with Gasteiger partial charge in [0.25, 0.3) is 0 Å². The molecule has 1 aliphatic heterocycles. The normalized spacial score (nSPS) is 16.0. The molecule has 1 aromatic carbocycles. The summed E-state index contributed by atoms with van der Waals surface area (Å²) in [5.74, 6) is -5.82. The second-order valence-corrected chi connectivity index (χ2v) is 11.7. The first-order chi connectivity index (χ1) is 23.7. The zero-order chi connectivity index (χ0) is 37.2. The van der Waals surface area contributed by atoms with E-state index in [0.717, 1.165) is 6.42 Å². The number of benzene rings is 1. The van der Waals surface area contributed by atoms with Gasteiger partial charge in [-0.2, -0.15) is 0 Å². The van der Waals surface area contributed by atoms with Gasteiger partial charge >= 0.3 is 5.97 Å². The zero-order valence-corrected chi connectivity index (χ0v) is 27.6. The highest BCUT2D eigenvalue weighted by Gasteiger charge is 2.33. The maximum atomic E-state index is 13.5. The number of aliphatic imine (C=N–C) groups is 2. The number of guanidine groups is 2. The monoisotopic (exact) mass is 704 g/mol. The number of rotatable bonds is 21. The minimum absolute atomic E-state index is 0.0312. The molecule has 17 N–H and O–H groups in total. The molecule has 0 bridgehead atoms. The SMILES string of the molecule is NC(=O)C[C@H](NC(=O)[C@H](CCCN=C(N)N)NC(=O)[C@@H]1CCCN1)C(=O)N[C@@H](CCCN=C(N)N)C(=O)N[C@@H](Cc1ccc(O)cc1)C(=O)O. The Morgan fingerprint density at radius 1 is 0.760 bits per heavy atom. The molecule has 0 saturated carbocycles. The van der Waals surface area contributed by atoms with Crippen LogP contribution in [0.4, 0.5) is 0 Å². The van der Waals surface area contributed by atoms with Crippen LogP contribution in [-0.4, -0.2) is 107 Å². The fourth-order valence-electron chi connectivity index (χ4n) is 5.02. The Morgan fingerprint density at radius 3 is 1.74 bits per heavy atom. The molecule has 5 atom stereocenters. The maximum Gasteiger partial charge on any atom is 0.326 e. The number of phenolic OH excluding ortho intramolecular Hbond substituents is 1. The van der Waals surface area contributed by atoms with Gasteiger partial charge in [-0.05, 0) is 62.8 Å². The number of carbonyl (C=O) groups excluding carboxylic acids is 5. The summed E-state index contributed by atoms with van der Waals surface area (Å²) >= 11 is 0. The standard InChI is InChI=1S/C30H48N12O8/c31-23(44)15-21(41-25(46)19(5-2-12-37-29(32)33)39-24(45)18-4-1-11-36-18)27(48)40-20(6-3-13-38-30(34)35)26(47)42-22(28(49)50)14-16-7-9-17(43)10-8-16/h7-10,18-22,36,43H,1-6,11-15H2,(H2,31,44)(H,39,45)(H,40,48)(H,41,46)(H,42,47)(H,49,50)(H4,32,33,37)(H4,34,35,38)/t18-,19-,20-,21-,22-/m0/s1. The van der Waals surface area contributed by atoms with E-state index < -0.39 is 72.1 Å². The third-order valence-corrected chi connectivity index (χ3v) is 7.56. The van der Waals surface area contributed by atoms with Crippen LogP contribution in [0.5, 0.6) is 5.75 Å². The van der Waals surface area contributed by atoms with Crippen molar-refractivity contribution in [3.63, 3.8) is 0 Å². The number of carbonyl (C=O) groups is 6. The molecule has 20 heteroatoms. The number of hydrogen-bond donors (Lipinski definition) is 12. The van der Waals surface area contributed by atoms with Gasteiger partial charge in [0, 0.05) is 19.5 Å². The van der Waals surface area contributed by atoms with Crippen molar-refractivity contribution in [1.82, 2.24) is 26.6 Å². The Kier molecular flexibility index (Phi) is 16.7. The van der Waals surface area contributed by atoms with Crippen LogP contribution in [0, 0.1) is 0 Å². The van der Waals surface area contributed by atoms with Gasteiger partial charge in [0.1, 0.15) is 29.9 Å². The van der Waals surface area contributed by atoms with Crippen molar-refractivity contribution in [1.29, 1.82) is 0 Å². The van der Waals surface area contributed by atoms with E-state index in [1.165, 1.54) is 24.3 Å². The second kappa shape index (κ2) is 20.6. The first-order valence-corrected chi connectivity index (χ1v) is 16.0. The van der Waals surface area contributed by atoms with Crippen molar-refractivity contribution in [2.75, 3.05) is 19.6 Å². The number of amides is 5. The molecule has 276 valence electrons. The summed E-state index contributed by atoms with van der Waals surface area (Å²) in [7, 11) is 0. The van der Waals surface area contributed by atoms with Crippen molar-refractivity contribution in [2.45, 2.75) is 81.6 Å². The molecule has 50 heavy (non-hydrogen) atoms. The van der Waals surface area contributed by atoms with Crippen LogP contribution in [0.1, 0.15) is 50.5 Å². The van der Waals surface area contributed by atoms with Crippen LogP contribution < -0.4 is 55.3 Å². The average Bonchev–Trinajstić information content (AvgIpc) is 3.59. The molecular formula is C30H48N12O8. The van der Waals surface area contributed by atoms with E-state index in [4.69, 9.17) is 28.7 Å². The minimum atomic E-state index is -1.58. The molecular weight excluding hydrogens is 656 g/mol. The average molecular weight is 705 g/mol. The van der Waals surface area contributed by atoms with Crippen LogP contribution in [0.25, 0.3) is 0 Å². The van der Waals surface area contributed by atoms with E-state index in [1.807, 2.05) is 0 Å². The molecule has 1 fully saturated rings. The van der Waals surface area contributed by atoms with Gasteiger partial charge in [-0.3, -0.25) is 34.0 Å². The lowest BCUT2D eigenvalue weighted by atomic mass is 10.0. The number of carboxylic acids is 1. The number of aliphatic carboxylic acids is 1. The van der Waals surface area contributed by atoms with Gasteiger partial charge in [0.2, 0.25) is 29.5 Å². The molecule has 0 unspecified atom stereocenters. The number of nitrogens with two attached hydrogens (primary N) is 5. The fraction of sp³-hybridized carbons (Fsp3) is 0.533. The van der Waals surface area contributed by atoms with Gasteiger partial charge in [0.15, 0.2) is 11.9 Å². The molecule has 1 aliphatic rings. The molecule has 0 radical (unpaired) electrons. The summed E-state index contributed by atoms with van der Waals surface area (Å²) in [6.07, 6.45) is 0.941. The number of nitrogens with zero attached hydrogens (tertiary/aromatic N) is 2. The quantitative estimate of drug-likeness (QED) is 0.0328. The molecule has 0 spiro atoms. The van der Waals surface area contributed by atoms with E-state index >= 15 is 0 Å². The number of hydrogen-bond acceptors (Lipinski definition) is 10. The van der Waals surface area contributed by atoms with Gasteiger partial charge < -0.3 is 65.5 Å². The molecule has 1 heterocycles. The molecule has 1 saturated heterocycles. The minimum Gasteiger partial charge on any atom is -0.508 e. The van der Waals surface area contributed by atoms with Gasteiger partial charge in [-0.15, -0.1) is 0 Å². The summed E-state index contributed by atoms with van der Waals surface area (Å²) in [4.78, 5) is 85.0. The summed E-state index contributed by atoms with van der Waals surface area (Å²) < 4.78 is 0. The molecule has 0 aliphatic carbocycles. The van der Waals surface area contributed by atoms with Crippen LogP contribution in [0.15, 0.2) is 34.3 Å². The predicted octanol–water partition coefficient (Wildman–Crippen LogP) is -4.31. The Hall–Kier alpha value is -5.66. The van der Waals surface area contributed by atoms with Crippen molar-refractivity contribution in [3.8, 4) is 5.75 Å². The Balaban J connectivity index is 2.25. The highest BCUT2D eigenvalue weighted by molar-refractivity contribution is 5.97. The maximum absolute atomic E-state index is 13.5. The summed E-state index contributed by atoms with van der Waals surface area (Å²) in [6, 6.07) is -0.345. The lowest BCUT2D eigenvalue weighted by Crippen LogP contribution is -2.59. The molecule has 5 amide bonds. The van der Waals surface area contributed by atoms with Crippen molar-refractivity contribution >= 4 is 47.4 Å². The van der Waals surface area contributed by atoms with E-state index in [9.17, 15) is 39.0 Å². The summed E-state index contributed by atoms with van der Waals surface area (Å²) in [5, 5.41) is 32.3. The number of carboxylic acid groups (broad SMARTS) is 1. The lowest BCUT2D eigenvalue weighted by molar-refractivity contribution is -0.142. The van der Waals surface area contributed by atoms with E-state index in [2.05, 4.69) is 36.6 Å². The van der Waals surface area contributed by atoms with E-state index in [-0.39, 0.29) is 62.9 Å². The number of phenols is 1. The van der Waals surface area contributed by atoms with E-state index in [1.54, 1.807) is 0 Å². The van der Waals surface area contributed by atoms with Gasteiger partial charge in [-0.25, -0.2) is 4.79 Å². The van der Waals surface area contributed by atoms with Crippen LogP contribution in [-0.2, 0) is 35.2 Å². The smallest absolute Gasteiger partial charge is 0.326 e. The largest absolute Gasteiger partial charge is 0.508 e. The van der Waals surface area contributed by atoms with Crippen LogP contribution in [0.2, 0.25) is 0 Å². The summed E-state index contributed by atoms with van der Waals surface area (Å²) in [5.41, 5.74) is 27.4. The van der Waals surface area contributed by atoms with Crippen molar-refractivity contribution < 1.29 is 39.0 Å². The van der Waals surface area contributed by atoms with Gasteiger partial charge in [0.05, 0.1) is 12.5 Å². The first kappa shape index (κ1) is 40.5. The Bertz CT molecular complexity index is 1390. The molecule has 20 nitrogen and oxygen atoms in total. The molecule has 2 rings (SSSR count). The zero-order valence-electron chi connectivity index (χ0n) is 27.6. The first-order valence-electron chi connectivity index (χ1n) is 16.0. The predicted molar refractivity (Wildman–Crippen MR) is 182 cm³/mol. The third kappa shape index (κ3) is 15.0. The summed E-state index contributed by atoms with van der Waals surface area (Å²) in [6.45, 7) is 0.844. The highest BCUT2D eigenvalue weighted by atomic mass is 16.4. The number of nitrogens with one attached hydrogen (secondary N) is 5.